The van der Waals surface area contributed by atoms with E-state index < -0.39 is 8.07 Å². The minimum Gasteiger partial charge on any atom is -0.0686 e. The van der Waals surface area contributed by atoms with Crippen LogP contribution in [-0.2, 0) is 5.04 Å². The van der Waals surface area contributed by atoms with Gasteiger partial charge in [0.05, 0.1) is 8.07 Å². The molecule has 18 heavy (non-hydrogen) atoms. The van der Waals surface area contributed by atoms with Crippen molar-refractivity contribution in [3.63, 3.8) is 0 Å². The van der Waals surface area contributed by atoms with Crippen LogP contribution in [0.2, 0.25) is 19.6 Å². The van der Waals surface area contributed by atoms with Gasteiger partial charge < -0.3 is 0 Å². The fourth-order valence-corrected chi connectivity index (χ4v) is 4.64. The van der Waals surface area contributed by atoms with Crippen molar-refractivity contribution in [2.24, 2.45) is 0 Å². The lowest BCUT2D eigenvalue weighted by Gasteiger charge is -2.42. The standard InChI is InChI=1S/C17H22Si/c1-17(18(2,3)4,15-11-7-5-8-12-15)16-13-9-6-10-14-16/h5-14H,1-4H3. The van der Waals surface area contributed by atoms with Crippen molar-refractivity contribution in [2.45, 2.75) is 31.6 Å². The summed E-state index contributed by atoms with van der Waals surface area (Å²) in [7, 11) is -1.39. The van der Waals surface area contributed by atoms with E-state index in [0.717, 1.165) is 0 Å². The highest BCUT2D eigenvalue weighted by molar-refractivity contribution is 6.79. The Kier molecular flexibility index (Phi) is 3.44. The van der Waals surface area contributed by atoms with Gasteiger partial charge in [-0.3, -0.25) is 0 Å². The van der Waals surface area contributed by atoms with Gasteiger partial charge >= 0.3 is 0 Å². The predicted octanol–water partition coefficient (Wildman–Crippen LogP) is 4.87. The second-order valence-corrected chi connectivity index (χ2v) is 11.6. The molecule has 0 aliphatic carbocycles. The smallest absolute Gasteiger partial charge is 0.0609 e. The third-order valence-corrected chi connectivity index (χ3v) is 7.78. The second-order valence-electron chi connectivity index (χ2n) is 6.11. The lowest BCUT2D eigenvalue weighted by Crippen LogP contribution is -2.48. The molecule has 0 amide bonds. The number of rotatable bonds is 3. The van der Waals surface area contributed by atoms with Gasteiger partial charge in [-0.25, -0.2) is 0 Å². The van der Waals surface area contributed by atoms with Crippen molar-refractivity contribution in [3.05, 3.63) is 71.8 Å². The van der Waals surface area contributed by atoms with Crippen LogP contribution in [0, 0.1) is 0 Å². The van der Waals surface area contributed by atoms with Gasteiger partial charge in [-0.05, 0) is 11.1 Å². The van der Waals surface area contributed by atoms with Crippen LogP contribution in [0.1, 0.15) is 18.1 Å². The van der Waals surface area contributed by atoms with E-state index in [0.29, 0.717) is 0 Å². The Labute approximate surface area is 112 Å². The average Bonchev–Trinajstić information content (AvgIpc) is 2.38. The Morgan fingerprint density at radius 3 is 1.28 bits per heavy atom. The fraction of sp³-hybridized carbons (Fsp3) is 0.294. The Morgan fingerprint density at radius 1 is 0.667 bits per heavy atom. The minimum atomic E-state index is -1.39. The van der Waals surface area contributed by atoms with Gasteiger partial charge in [0.25, 0.3) is 0 Å². The Hall–Kier alpha value is -1.34. The molecule has 0 aliphatic rings. The summed E-state index contributed by atoms with van der Waals surface area (Å²) < 4.78 is 0. The normalized spacial score (nSPS) is 12.4. The first-order valence-electron chi connectivity index (χ1n) is 6.57. The SMILES string of the molecule is CC(c1ccccc1)(c1ccccc1)[Si](C)(C)C. The minimum absolute atomic E-state index is 0.162. The number of hydrogen-bond donors (Lipinski definition) is 0. The lowest BCUT2D eigenvalue weighted by molar-refractivity contribution is 0.774. The zero-order valence-corrected chi connectivity index (χ0v) is 12.8. The third-order valence-electron chi connectivity index (χ3n) is 4.20. The van der Waals surface area contributed by atoms with E-state index in [1.807, 2.05) is 0 Å². The van der Waals surface area contributed by atoms with Crippen molar-refractivity contribution in [1.29, 1.82) is 0 Å². The summed E-state index contributed by atoms with van der Waals surface area (Å²) in [5.41, 5.74) is 2.88. The Balaban J connectivity index is 2.63. The van der Waals surface area contributed by atoms with E-state index in [-0.39, 0.29) is 5.04 Å². The van der Waals surface area contributed by atoms with E-state index in [1.54, 1.807) is 0 Å². The molecule has 2 rings (SSSR count). The van der Waals surface area contributed by atoms with Crippen LogP contribution in [0.5, 0.6) is 0 Å². The molecule has 2 aromatic carbocycles. The van der Waals surface area contributed by atoms with Gasteiger partial charge in [-0.1, -0.05) is 87.2 Å². The zero-order chi connectivity index (χ0) is 13.2. The van der Waals surface area contributed by atoms with Crippen LogP contribution >= 0.6 is 0 Å². The predicted molar refractivity (Wildman–Crippen MR) is 82.7 cm³/mol. The molecule has 0 atom stereocenters. The lowest BCUT2D eigenvalue weighted by atomic mass is 9.92. The van der Waals surface area contributed by atoms with Crippen molar-refractivity contribution in [2.75, 3.05) is 0 Å². The molecule has 0 radical (unpaired) electrons. The van der Waals surface area contributed by atoms with E-state index in [2.05, 4.69) is 87.2 Å². The molecule has 0 aromatic heterocycles. The summed E-state index contributed by atoms with van der Waals surface area (Å²) in [4.78, 5) is 0. The van der Waals surface area contributed by atoms with Crippen LogP contribution < -0.4 is 0 Å². The molecular weight excluding hydrogens is 232 g/mol. The Morgan fingerprint density at radius 2 is 1.00 bits per heavy atom. The van der Waals surface area contributed by atoms with E-state index >= 15 is 0 Å². The van der Waals surface area contributed by atoms with E-state index in [4.69, 9.17) is 0 Å². The molecule has 0 aliphatic heterocycles. The quantitative estimate of drug-likeness (QED) is 0.686. The summed E-state index contributed by atoms with van der Waals surface area (Å²) in [6, 6.07) is 21.9. The molecule has 0 bridgehead atoms. The van der Waals surface area contributed by atoms with Crippen LogP contribution in [-0.4, -0.2) is 8.07 Å². The molecule has 0 saturated heterocycles. The molecule has 94 valence electrons. The molecule has 1 heteroatoms. The molecule has 2 aromatic rings. The highest BCUT2D eigenvalue weighted by atomic mass is 28.3. The van der Waals surface area contributed by atoms with Crippen molar-refractivity contribution in [3.8, 4) is 0 Å². The molecule has 0 unspecified atom stereocenters. The topological polar surface area (TPSA) is 0 Å². The summed E-state index contributed by atoms with van der Waals surface area (Å²) in [5.74, 6) is 0. The van der Waals surface area contributed by atoms with Gasteiger partial charge in [-0.2, -0.15) is 0 Å². The molecule has 0 saturated carbocycles. The maximum absolute atomic E-state index is 2.45. The zero-order valence-electron chi connectivity index (χ0n) is 11.8. The monoisotopic (exact) mass is 254 g/mol. The molecule has 0 N–H and O–H groups in total. The van der Waals surface area contributed by atoms with Crippen LogP contribution in [0.15, 0.2) is 60.7 Å². The first kappa shape index (κ1) is 13.1. The first-order valence-corrected chi connectivity index (χ1v) is 10.1. The Bertz CT molecular complexity index is 455. The van der Waals surface area contributed by atoms with Gasteiger partial charge in [-0.15, -0.1) is 0 Å². The summed E-state index contributed by atoms with van der Waals surface area (Å²) in [5, 5.41) is 0.162. The molecule has 0 fully saturated rings. The van der Waals surface area contributed by atoms with E-state index in [9.17, 15) is 0 Å². The molecular formula is C17H22Si. The van der Waals surface area contributed by atoms with Crippen molar-refractivity contribution < 1.29 is 0 Å². The molecule has 0 heterocycles. The third kappa shape index (κ3) is 2.15. The van der Waals surface area contributed by atoms with Gasteiger partial charge in [0.15, 0.2) is 0 Å². The summed E-state index contributed by atoms with van der Waals surface area (Å²) >= 11 is 0. The van der Waals surface area contributed by atoms with E-state index in [1.165, 1.54) is 11.1 Å². The average molecular weight is 254 g/mol. The maximum Gasteiger partial charge on any atom is 0.0609 e. The maximum atomic E-state index is 2.45. The summed E-state index contributed by atoms with van der Waals surface area (Å²) in [6.07, 6.45) is 0. The van der Waals surface area contributed by atoms with Crippen LogP contribution in [0.3, 0.4) is 0 Å². The fourth-order valence-electron chi connectivity index (χ4n) is 2.58. The number of benzene rings is 2. The highest BCUT2D eigenvalue weighted by Crippen LogP contribution is 2.40. The first-order chi connectivity index (χ1) is 8.46. The van der Waals surface area contributed by atoms with Gasteiger partial charge in [0, 0.05) is 5.04 Å². The van der Waals surface area contributed by atoms with Gasteiger partial charge in [0.2, 0.25) is 0 Å². The van der Waals surface area contributed by atoms with Crippen LogP contribution in [0.25, 0.3) is 0 Å². The highest BCUT2D eigenvalue weighted by Gasteiger charge is 2.41. The summed E-state index contributed by atoms with van der Waals surface area (Å²) in [6.45, 7) is 9.76. The van der Waals surface area contributed by atoms with Crippen molar-refractivity contribution in [1.82, 2.24) is 0 Å². The van der Waals surface area contributed by atoms with Crippen molar-refractivity contribution >= 4 is 8.07 Å². The van der Waals surface area contributed by atoms with Crippen LogP contribution in [0.4, 0.5) is 0 Å². The van der Waals surface area contributed by atoms with Gasteiger partial charge in [0.1, 0.15) is 0 Å². The molecule has 0 nitrogen and oxygen atoms in total. The largest absolute Gasteiger partial charge is 0.0686 e. The molecule has 0 spiro atoms. The second kappa shape index (κ2) is 4.73. The number of hydrogen-bond acceptors (Lipinski definition) is 0.